The predicted molar refractivity (Wildman–Crippen MR) is 93.2 cm³/mol. The van der Waals surface area contributed by atoms with Gasteiger partial charge in [0.25, 0.3) is 0 Å². The second-order valence-electron chi connectivity index (χ2n) is 6.43. The van der Waals surface area contributed by atoms with E-state index in [2.05, 4.69) is 24.3 Å². The van der Waals surface area contributed by atoms with E-state index in [0.29, 0.717) is 17.5 Å². The highest BCUT2D eigenvalue weighted by atomic mass is 35.5. The van der Waals surface area contributed by atoms with Crippen LogP contribution in [0, 0.1) is 5.92 Å². The fourth-order valence-electron chi connectivity index (χ4n) is 2.81. The van der Waals surface area contributed by atoms with E-state index in [1.165, 1.54) is 0 Å². The molecule has 1 N–H and O–H groups in total. The molecule has 0 unspecified atom stereocenters. The molecule has 0 bridgehead atoms. The predicted octanol–water partition coefficient (Wildman–Crippen LogP) is 2.70. The molecule has 1 aromatic rings. The summed E-state index contributed by atoms with van der Waals surface area (Å²) in [7, 11) is 4.14. The van der Waals surface area contributed by atoms with Crippen molar-refractivity contribution in [1.82, 2.24) is 15.1 Å². The molecule has 0 aromatic heterocycles. The first-order valence-electron chi connectivity index (χ1n) is 8.03. The van der Waals surface area contributed by atoms with E-state index in [1.54, 1.807) is 12.1 Å². The summed E-state index contributed by atoms with van der Waals surface area (Å²) in [6.45, 7) is 5.11. The first-order chi connectivity index (χ1) is 10.9. The molecule has 1 heterocycles. The molecule has 0 radical (unpaired) electrons. The Morgan fingerprint density at radius 3 is 2.78 bits per heavy atom. The first-order valence-corrected chi connectivity index (χ1v) is 8.41. The number of nitrogens with one attached hydrogen (secondary N) is 1. The van der Waals surface area contributed by atoms with Crippen LogP contribution in [0.1, 0.15) is 13.3 Å². The van der Waals surface area contributed by atoms with Gasteiger partial charge in [0.05, 0.1) is 6.54 Å². The third-order valence-electron chi connectivity index (χ3n) is 3.89. The molecule has 1 aliphatic rings. The van der Waals surface area contributed by atoms with Crippen molar-refractivity contribution in [3.05, 3.63) is 29.3 Å². The van der Waals surface area contributed by atoms with Crippen LogP contribution in [0.25, 0.3) is 0 Å². The Labute approximate surface area is 143 Å². The number of amides is 2. The van der Waals surface area contributed by atoms with Gasteiger partial charge in [-0.05, 0) is 57.6 Å². The number of hydrogen-bond acceptors (Lipinski definition) is 3. The molecule has 0 spiro atoms. The zero-order chi connectivity index (χ0) is 16.8. The first kappa shape index (κ1) is 17.9. The van der Waals surface area contributed by atoms with Crippen LogP contribution in [0.3, 0.4) is 0 Å². The number of carbonyl (C=O) groups is 1. The average molecular weight is 340 g/mol. The fourth-order valence-corrected chi connectivity index (χ4v) is 2.94. The van der Waals surface area contributed by atoms with Gasteiger partial charge in [-0.15, -0.1) is 0 Å². The Bertz CT molecular complexity index is 507. The largest absolute Gasteiger partial charge is 0.489 e. The maximum atomic E-state index is 12.2. The maximum absolute atomic E-state index is 12.2. The van der Waals surface area contributed by atoms with Crippen molar-refractivity contribution < 1.29 is 9.53 Å². The van der Waals surface area contributed by atoms with Crippen molar-refractivity contribution >= 4 is 17.6 Å². The van der Waals surface area contributed by atoms with Gasteiger partial charge in [-0.25, -0.2) is 4.79 Å². The molecule has 23 heavy (non-hydrogen) atoms. The van der Waals surface area contributed by atoms with E-state index in [9.17, 15) is 4.79 Å². The minimum absolute atomic E-state index is 0.00203. The van der Waals surface area contributed by atoms with Gasteiger partial charge in [-0.3, -0.25) is 0 Å². The minimum atomic E-state index is -0.0969. The molecule has 0 saturated carbocycles. The van der Waals surface area contributed by atoms with Crippen molar-refractivity contribution in [1.29, 1.82) is 0 Å². The molecule has 1 aliphatic heterocycles. The van der Waals surface area contributed by atoms with Crippen molar-refractivity contribution in [3.8, 4) is 5.75 Å². The lowest BCUT2D eigenvalue weighted by Crippen LogP contribution is -2.42. The molecule has 1 saturated heterocycles. The third kappa shape index (κ3) is 5.92. The third-order valence-corrected chi connectivity index (χ3v) is 4.14. The number of ether oxygens (including phenoxy) is 1. The molecule has 1 fully saturated rings. The van der Waals surface area contributed by atoms with Crippen LogP contribution in [0.2, 0.25) is 5.02 Å². The van der Waals surface area contributed by atoms with E-state index in [1.807, 2.05) is 24.0 Å². The van der Waals surface area contributed by atoms with E-state index in [4.69, 9.17) is 16.3 Å². The van der Waals surface area contributed by atoms with Gasteiger partial charge in [0.2, 0.25) is 0 Å². The quantitative estimate of drug-likeness (QED) is 0.866. The van der Waals surface area contributed by atoms with Crippen molar-refractivity contribution in [3.63, 3.8) is 0 Å². The Hall–Kier alpha value is -1.46. The second-order valence-corrected chi connectivity index (χ2v) is 6.87. The molecule has 6 heteroatoms. The number of urea groups is 1. The molecule has 2 rings (SSSR count). The number of carbonyl (C=O) groups excluding carboxylic acids is 1. The molecule has 1 aromatic carbocycles. The zero-order valence-corrected chi connectivity index (χ0v) is 14.8. The molecule has 2 amide bonds. The van der Waals surface area contributed by atoms with Crippen LogP contribution in [0.5, 0.6) is 5.75 Å². The Morgan fingerprint density at radius 1 is 1.43 bits per heavy atom. The van der Waals surface area contributed by atoms with Crippen LogP contribution < -0.4 is 10.1 Å². The lowest BCUT2D eigenvalue weighted by Gasteiger charge is -2.21. The summed E-state index contributed by atoms with van der Waals surface area (Å²) in [5.74, 6) is 1.32. The topological polar surface area (TPSA) is 44.8 Å². The molecule has 0 aliphatic carbocycles. The lowest BCUT2D eigenvalue weighted by molar-refractivity contribution is 0.187. The van der Waals surface area contributed by atoms with Gasteiger partial charge in [0.1, 0.15) is 11.9 Å². The van der Waals surface area contributed by atoms with E-state index < -0.39 is 0 Å². The lowest BCUT2D eigenvalue weighted by atomic mass is 10.1. The van der Waals surface area contributed by atoms with Gasteiger partial charge in [-0.1, -0.05) is 11.6 Å². The number of nitrogens with zero attached hydrogens (tertiary/aromatic N) is 2. The Kier molecular flexibility index (Phi) is 6.54. The molecular formula is C17H26ClN3O2. The Balaban J connectivity index is 1.70. The van der Waals surface area contributed by atoms with Crippen LogP contribution in [0.15, 0.2) is 24.3 Å². The number of halogens is 1. The van der Waals surface area contributed by atoms with Crippen LogP contribution in [0.4, 0.5) is 4.79 Å². The van der Waals surface area contributed by atoms with E-state index in [0.717, 1.165) is 31.8 Å². The summed E-state index contributed by atoms with van der Waals surface area (Å²) in [5, 5.41) is 3.63. The van der Waals surface area contributed by atoms with Crippen LogP contribution in [-0.4, -0.2) is 62.2 Å². The second kappa shape index (κ2) is 8.41. The number of benzene rings is 1. The van der Waals surface area contributed by atoms with E-state index in [-0.39, 0.29) is 12.1 Å². The number of rotatable bonds is 6. The SMILES string of the molecule is C[C@@H](CNC(=O)N1CC[C@@H](CN(C)C)C1)Oc1ccc(Cl)cc1. The molecule has 2 atom stereocenters. The minimum Gasteiger partial charge on any atom is -0.489 e. The number of hydrogen-bond donors (Lipinski definition) is 1. The zero-order valence-electron chi connectivity index (χ0n) is 14.1. The Morgan fingerprint density at radius 2 is 2.13 bits per heavy atom. The highest BCUT2D eigenvalue weighted by Crippen LogP contribution is 2.18. The van der Waals surface area contributed by atoms with Gasteiger partial charge < -0.3 is 19.9 Å². The van der Waals surface area contributed by atoms with Crippen LogP contribution in [-0.2, 0) is 0 Å². The summed E-state index contributed by atoms with van der Waals surface area (Å²) in [5.41, 5.74) is 0. The van der Waals surface area contributed by atoms with Gasteiger partial charge in [0.15, 0.2) is 0 Å². The standard InChI is InChI=1S/C17H26ClN3O2/c1-13(23-16-6-4-15(18)5-7-16)10-19-17(22)21-9-8-14(12-21)11-20(2)3/h4-7,13-14H,8-12H2,1-3H3,(H,19,22)/t13-,14-/m0/s1. The summed E-state index contributed by atoms with van der Waals surface area (Å²) >= 11 is 5.85. The fraction of sp³-hybridized carbons (Fsp3) is 0.588. The molecule has 5 nitrogen and oxygen atoms in total. The highest BCUT2D eigenvalue weighted by molar-refractivity contribution is 6.30. The summed E-state index contributed by atoms with van der Waals surface area (Å²) in [4.78, 5) is 16.3. The average Bonchev–Trinajstić information content (AvgIpc) is 2.95. The van der Waals surface area contributed by atoms with Gasteiger partial charge >= 0.3 is 6.03 Å². The van der Waals surface area contributed by atoms with Gasteiger partial charge in [0, 0.05) is 24.7 Å². The maximum Gasteiger partial charge on any atom is 0.317 e. The normalized spacial score (nSPS) is 19.0. The smallest absolute Gasteiger partial charge is 0.317 e. The molecule has 128 valence electrons. The van der Waals surface area contributed by atoms with Gasteiger partial charge in [-0.2, -0.15) is 0 Å². The highest BCUT2D eigenvalue weighted by Gasteiger charge is 2.26. The van der Waals surface area contributed by atoms with Crippen molar-refractivity contribution in [2.45, 2.75) is 19.4 Å². The summed E-state index contributed by atoms with van der Waals surface area (Å²) < 4.78 is 5.76. The van der Waals surface area contributed by atoms with Crippen molar-refractivity contribution in [2.75, 3.05) is 40.3 Å². The van der Waals surface area contributed by atoms with E-state index >= 15 is 0 Å². The summed E-state index contributed by atoms with van der Waals surface area (Å²) in [6.07, 6.45) is 0.975. The number of likely N-dealkylation sites (tertiary alicyclic amines) is 1. The monoisotopic (exact) mass is 339 g/mol. The summed E-state index contributed by atoms with van der Waals surface area (Å²) in [6, 6.07) is 7.23. The van der Waals surface area contributed by atoms with Crippen molar-refractivity contribution in [2.24, 2.45) is 5.92 Å². The van der Waals surface area contributed by atoms with Crippen LogP contribution >= 0.6 is 11.6 Å². The molecular weight excluding hydrogens is 314 g/mol.